The molecule has 8 heteroatoms. The first kappa shape index (κ1) is 22.9. The van der Waals surface area contributed by atoms with E-state index in [0.717, 1.165) is 6.42 Å². The molecule has 2 N–H and O–H groups in total. The second-order valence-electron chi connectivity index (χ2n) is 6.17. The predicted octanol–water partition coefficient (Wildman–Crippen LogP) is 3.53. The first-order valence-electron chi connectivity index (χ1n) is 9.65. The van der Waals surface area contributed by atoms with Crippen LogP contribution in [0.3, 0.4) is 0 Å². The molecule has 0 bridgehead atoms. The molecule has 0 aromatic heterocycles. The molecule has 0 unspecified atom stereocenters. The van der Waals surface area contributed by atoms with Gasteiger partial charge in [0.25, 0.3) is 0 Å². The summed E-state index contributed by atoms with van der Waals surface area (Å²) in [5.74, 6) is -0.397. The quantitative estimate of drug-likeness (QED) is 0.252. The number of ether oxygens (including phenoxy) is 3. The Labute approximate surface area is 175 Å². The lowest BCUT2D eigenvalue weighted by Crippen LogP contribution is -2.11. The van der Waals surface area contributed by atoms with Crippen molar-refractivity contribution in [2.75, 3.05) is 26.4 Å². The number of esters is 1. The fourth-order valence-electron chi connectivity index (χ4n) is 2.40. The number of carbonyl (C=O) groups excluding carboxylic acids is 1. The van der Waals surface area contributed by atoms with Crippen LogP contribution in [0.25, 0.3) is 0 Å². The number of phenols is 2. The minimum atomic E-state index is -0.640. The third kappa shape index (κ3) is 7.21. The Morgan fingerprint density at radius 3 is 2.27 bits per heavy atom. The maximum Gasteiger partial charge on any atom is 0.342 e. The predicted molar refractivity (Wildman–Crippen MR) is 114 cm³/mol. The van der Waals surface area contributed by atoms with E-state index in [1.807, 2.05) is 13.8 Å². The van der Waals surface area contributed by atoms with Crippen molar-refractivity contribution in [1.82, 2.24) is 0 Å². The van der Waals surface area contributed by atoms with Gasteiger partial charge in [-0.3, -0.25) is 0 Å². The molecule has 160 valence electrons. The van der Waals surface area contributed by atoms with E-state index in [9.17, 15) is 15.0 Å². The zero-order chi connectivity index (χ0) is 21.8. The molecule has 0 spiro atoms. The third-order valence-electron chi connectivity index (χ3n) is 3.81. The Morgan fingerprint density at radius 2 is 1.60 bits per heavy atom. The average Bonchev–Trinajstić information content (AvgIpc) is 2.74. The van der Waals surface area contributed by atoms with E-state index in [1.165, 1.54) is 30.6 Å². The van der Waals surface area contributed by atoms with Crippen LogP contribution >= 0.6 is 0 Å². The molecule has 0 aliphatic heterocycles. The number of benzene rings is 2. The Balaban J connectivity index is 1.99. The van der Waals surface area contributed by atoms with Gasteiger partial charge in [0.2, 0.25) is 0 Å². The van der Waals surface area contributed by atoms with E-state index >= 15 is 0 Å². The fraction of sp³-hybridized carbons (Fsp3) is 0.318. The summed E-state index contributed by atoms with van der Waals surface area (Å²) in [5, 5.41) is 27.5. The molecule has 0 saturated heterocycles. The molecule has 0 radical (unpaired) electrons. The van der Waals surface area contributed by atoms with Gasteiger partial charge in [-0.25, -0.2) is 4.79 Å². The van der Waals surface area contributed by atoms with Crippen molar-refractivity contribution < 1.29 is 29.2 Å². The highest BCUT2D eigenvalue weighted by Crippen LogP contribution is 2.26. The molecule has 0 saturated carbocycles. The SMILES string of the molecule is CCCOCCOC(=O)c1cc(/C=N/N=C/c2ccc(O)c(OCC)c2)ccc1O. The third-order valence-corrected chi connectivity index (χ3v) is 3.81. The molecule has 30 heavy (non-hydrogen) atoms. The minimum Gasteiger partial charge on any atom is -0.507 e. The number of nitrogens with zero attached hydrogens (tertiary/aromatic N) is 2. The molecule has 0 amide bonds. The van der Waals surface area contributed by atoms with Gasteiger partial charge in [0.05, 0.1) is 25.6 Å². The van der Waals surface area contributed by atoms with Crippen molar-refractivity contribution >= 4 is 18.4 Å². The summed E-state index contributed by atoms with van der Waals surface area (Å²) in [6, 6.07) is 9.30. The highest BCUT2D eigenvalue weighted by molar-refractivity contribution is 5.95. The molecule has 0 aliphatic carbocycles. The van der Waals surface area contributed by atoms with Crippen LogP contribution in [0.1, 0.15) is 41.8 Å². The summed E-state index contributed by atoms with van der Waals surface area (Å²) in [6.07, 6.45) is 3.84. The van der Waals surface area contributed by atoms with Gasteiger partial charge >= 0.3 is 5.97 Å². The van der Waals surface area contributed by atoms with Crippen LogP contribution in [-0.4, -0.2) is 55.0 Å². The molecule has 0 atom stereocenters. The maximum absolute atomic E-state index is 12.1. The largest absolute Gasteiger partial charge is 0.507 e. The number of hydrogen-bond donors (Lipinski definition) is 2. The Hall–Kier alpha value is -3.39. The lowest BCUT2D eigenvalue weighted by Gasteiger charge is -2.07. The summed E-state index contributed by atoms with van der Waals surface area (Å²) in [4.78, 5) is 12.1. The fourth-order valence-corrected chi connectivity index (χ4v) is 2.40. The number of aromatic hydroxyl groups is 2. The van der Waals surface area contributed by atoms with E-state index in [0.29, 0.717) is 36.7 Å². The molecule has 2 aromatic carbocycles. The van der Waals surface area contributed by atoms with Crippen LogP contribution in [0.4, 0.5) is 0 Å². The van der Waals surface area contributed by atoms with Crippen molar-refractivity contribution in [1.29, 1.82) is 0 Å². The standard InChI is InChI=1S/C22H26N2O6/c1-3-9-28-10-11-30-22(27)18-12-16(5-7-19(18)25)14-23-24-15-17-6-8-20(26)21(13-17)29-4-2/h5-8,12-15,25-26H,3-4,9-11H2,1-2H3/b23-14+,24-15+. The van der Waals surface area contributed by atoms with Crippen molar-refractivity contribution in [2.24, 2.45) is 10.2 Å². The van der Waals surface area contributed by atoms with E-state index < -0.39 is 5.97 Å². The molecule has 0 heterocycles. The van der Waals surface area contributed by atoms with Gasteiger partial charge in [-0.2, -0.15) is 10.2 Å². The number of hydrogen-bond acceptors (Lipinski definition) is 8. The minimum absolute atomic E-state index is 0.0401. The second kappa shape index (κ2) is 12.2. The summed E-state index contributed by atoms with van der Waals surface area (Å²) >= 11 is 0. The Kier molecular flexibility index (Phi) is 9.33. The highest BCUT2D eigenvalue weighted by Gasteiger charge is 2.13. The molecule has 2 aromatic rings. The van der Waals surface area contributed by atoms with Crippen LogP contribution in [0.2, 0.25) is 0 Å². The molecule has 0 aliphatic rings. The van der Waals surface area contributed by atoms with Gasteiger partial charge in [0.15, 0.2) is 11.5 Å². The van der Waals surface area contributed by atoms with Gasteiger partial charge in [-0.15, -0.1) is 0 Å². The van der Waals surface area contributed by atoms with E-state index in [-0.39, 0.29) is 23.7 Å². The van der Waals surface area contributed by atoms with Crippen LogP contribution in [-0.2, 0) is 9.47 Å². The van der Waals surface area contributed by atoms with Gasteiger partial charge in [0.1, 0.15) is 17.9 Å². The lowest BCUT2D eigenvalue weighted by molar-refractivity contribution is 0.0316. The monoisotopic (exact) mass is 414 g/mol. The van der Waals surface area contributed by atoms with Crippen LogP contribution < -0.4 is 4.74 Å². The molecule has 2 rings (SSSR count). The normalized spacial score (nSPS) is 11.3. The number of rotatable bonds is 11. The van der Waals surface area contributed by atoms with E-state index in [2.05, 4.69) is 10.2 Å². The molecule has 8 nitrogen and oxygen atoms in total. The Morgan fingerprint density at radius 1 is 0.933 bits per heavy atom. The number of carbonyl (C=O) groups is 1. The molecular formula is C22H26N2O6. The van der Waals surface area contributed by atoms with Gasteiger partial charge in [-0.05, 0) is 60.9 Å². The average molecular weight is 414 g/mol. The molecule has 0 fully saturated rings. The van der Waals surface area contributed by atoms with Crippen molar-refractivity contribution in [3.8, 4) is 17.2 Å². The summed E-state index contributed by atoms with van der Waals surface area (Å²) in [6.45, 7) is 5.27. The van der Waals surface area contributed by atoms with Crippen molar-refractivity contribution in [2.45, 2.75) is 20.3 Å². The van der Waals surface area contributed by atoms with Gasteiger partial charge < -0.3 is 24.4 Å². The Bertz CT molecular complexity index is 895. The van der Waals surface area contributed by atoms with Crippen LogP contribution in [0, 0.1) is 0 Å². The van der Waals surface area contributed by atoms with Crippen molar-refractivity contribution in [3.05, 3.63) is 53.1 Å². The number of phenolic OH excluding ortho intramolecular Hbond substituents is 2. The van der Waals surface area contributed by atoms with Crippen molar-refractivity contribution in [3.63, 3.8) is 0 Å². The summed E-state index contributed by atoms with van der Waals surface area (Å²) < 4.78 is 15.7. The first-order chi connectivity index (χ1) is 14.5. The lowest BCUT2D eigenvalue weighted by atomic mass is 10.1. The van der Waals surface area contributed by atoms with E-state index in [4.69, 9.17) is 14.2 Å². The highest BCUT2D eigenvalue weighted by atomic mass is 16.6. The zero-order valence-corrected chi connectivity index (χ0v) is 17.1. The smallest absolute Gasteiger partial charge is 0.342 e. The maximum atomic E-state index is 12.1. The van der Waals surface area contributed by atoms with E-state index in [1.54, 1.807) is 18.2 Å². The first-order valence-corrected chi connectivity index (χ1v) is 9.65. The van der Waals surface area contributed by atoms with Gasteiger partial charge in [0, 0.05) is 6.61 Å². The zero-order valence-electron chi connectivity index (χ0n) is 17.1. The summed E-state index contributed by atoms with van der Waals surface area (Å²) in [7, 11) is 0. The topological polar surface area (TPSA) is 110 Å². The second-order valence-corrected chi connectivity index (χ2v) is 6.17. The van der Waals surface area contributed by atoms with Crippen LogP contribution in [0.5, 0.6) is 17.2 Å². The summed E-state index contributed by atoms with van der Waals surface area (Å²) in [5.41, 5.74) is 1.31. The van der Waals surface area contributed by atoms with Gasteiger partial charge in [-0.1, -0.05) is 6.92 Å². The molecular weight excluding hydrogens is 388 g/mol. The van der Waals surface area contributed by atoms with Crippen LogP contribution in [0.15, 0.2) is 46.6 Å².